The number of aliphatic carboxylic acids is 1. The standard InChI is InChI=1S/C17H18N2O2/c1-11-5-2-3-6-12(11)9-14(17(20)21)16-13-7-4-8-15(13)18-10-19-16/h2-3,5-6,10,14H,4,7-9H2,1H3,(H,20,21). The van der Waals surface area contributed by atoms with Crippen LogP contribution in [0.15, 0.2) is 30.6 Å². The van der Waals surface area contributed by atoms with Crippen LogP contribution >= 0.6 is 0 Å². The highest BCUT2D eigenvalue weighted by Gasteiger charge is 2.28. The van der Waals surface area contributed by atoms with Crippen molar-refractivity contribution in [1.82, 2.24) is 9.97 Å². The minimum atomic E-state index is -0.814. The average molecular weight is 282 g/mol. The molecule has 4 nitrogen and oxygen atoms in total. The van der Waals surface area contributed by atoms with Crippen molar-refractivity contribution < 1.29 is 9.90 Å². The number of nitrogens with zero attached hydrogens (tertiary/aromatic N) is 2. The van der Waals surface area contributed by atoms with Gasteiger partial charge in [0.2, 0.25) is 0 Å². The summed E-state index contributed by atoms with van der Waals surface area (Å²) in [4.78, 5) is 20.3. The Kier molecular flexibility index (Phi) is 3.69. The van der Waals surface area contributed by atoms with E-state index in [1.807, 2.05) is 31.2 Å². The zero-order valence-corrected chi connectivity index (χ0v) is 12.0. The Labute approximate surface area is 123 Å². The summed E-state index contributed by atoms with van der Waals surface area (Å²) in [6.07, 6.45) is 4.85. The van der Waals surface area contributed by atoms with Gasteiger partial charge in [0.05, 0.1) is 5.69 Å². The number of rotatable bonds is 4. The fourth-order valence-electron chi connectivity index (χ4n) is 3.05. The van der Waals surface area contributed by atoms with Crippen LogP contribution in [0.4, 0.5) is 0 Å². The first-order chi connectivity index (χ1) is 10.2. The van der Waals surface area contributed by atoms with E-state index in [2.05, 4.69) is 9.97 Å². The van der Waals surface area contributed by atoms with Gasteiger partial charge in [0.25, 0.3) is 0 Å². The van der Waals surface area contributed by atoms with E-state index in [1.54, 1.807) is 0 Å². The summed E-state index contributed by atoms with van der Waals surface area (Å²) in [6.45, 7) is 2.01. The molecule has 4 heteroatoms. The molecule has 0 saturated carbocycles. The number of aryl methyl sites for hydroxylation is 2. The molecule has 1 aliphatic rings. The summed E-state index contributed by atoms with van der Waals surface area (Å²) in [5, 5.41) is 9.65. The van der Waals surface area contributed by atoms with E-state index >= 15 is 0 Å². The van der Waals surface area contributed by atoms with Gasteiger partial charge in [-0.05, 0) is 49.3 Å². The molecule has 1 aromatic heterocycles. The van der Waals surface area contributed by atoms with Crippen molar-refractivity contribution in [1.29, 1.82) is 0 Å². The van der Waals surface area contributed by atoms with E-state index in [9.17, 15) is 9.90 Å². The van der Waals surface area contributed by atoms with E-state index in [0.717, 1.165) is 41.6 Å². The van der Waals surface area contributed by atoms with Crippen LogP contribution in [0, 0.1) is 6.92 Å². The maximum Gasteiger partial charge on any atom is 0.312 e. The van der Waals surface area contributed by atoms with Crippen LogP contribution in [0.5, 0.6) is 0 Å². The van der Waals surface area contributed by atoms with Gasteiger partial charge in [-0.25, -0.2) is 9.97 Å². The molecule has 108 valence electrons. The minimum Gasteiger partial charge on any atom is -0.481 e. The number of hydrogen-bond acceptors (Lipinski definition) is 3. The topological polar surface area (TPSA) is 63.1 Å². The van der Waals surface area contributed by atoms with Crippen LogP contribution < -0.4 is 0 Å². The highest BCUT2D eigenvalue weighted by atomic mass is 16.4. The lowest BCUT2D eigenvalue weighted by Crippen LogP contribution is -2.18. The summed E-state index contributed by atoms with van der Waals surface area (Å²) in [5.74, 6) is -1.41. The lowest BCUT2D eigenvalue weighted by atomic mass is 9.91. The molecule has 1 unspecified atom stereocenters. The molecule has 1 atom stereocenters. The highest BCUT2D eigenvalue weighted by Crippen LogP contribution is 2.29. The van der Waals surface area contributed by atoms with Crippen LogP contribution in [-0.2, 0) is 24.1 Å². The molecule has 21 heavy (non-hydrogen) atoms. The molecule has 0 amide bonds. The molecule has 1 aromatic carbocycles. The van der Waals surface area contributed by atoms with Crippen LogP contribution in [-0.4, -0.2) is 21.0 Å². The number of aromatic nitrogens is 2. The maximum absolute atomic E-state index is 11.8. The molecule has 0 bridgehead atoms. The summed E-state index contributed by atoms with van der Waals surface area (Å²) in [6, 6.07) is 7.92. The van der Waals surface area contributed by atoms with Crippen molar-refractivity contribution in [2.45, 2.75) is 38.5 Å². The zero-order valence-electron chi connectivity index (χ0n) is 12.0. The summed E-state index contributed by atoms with van der Waals surface area (Å²) < 4.78 is 0. The predicted molar refractivity (Wildman–Crippen MR) is 79.3 cm³/mol. The SMILES string of the molecule is Cc1ccccc1CC(C(=O)O)c1ncnc2c1CCC2. The van der Waals surface area contributed by atoms with Gasteiger partial charge in [-0.15, -0.1) is 0 Å². The Balaban J connectivity index is 1.98. The van der Waals surface area contributed by atoms with Crippen molar-refractivity contribution in [3.8, 4) is 0 Å². The smallest absolute Gasteiger partial charge is 0.312 e. The quantitative estimate of drug-likeness (QED) is 0.936. The lowest BCUT2D eigenvalue weighted by Gasteiger charge is -2.16. The lowest BCUT2D eigenvalue weighted by molar-refractivity contribution is -0.138. The van der Waals surface area contributed by atoms with E-state index in [1.165, 1.54) is 6.33 Å². The van der Waals surface area contributed by atoms with E-state index in [0.29, 0.717) is 12.1 Å². The van der Waals surface area contributed by atoms with Crippen molar-refractivity contribution in [3.05, 3.63) is 58.7 Å². The number of carbonyl (C=O) groups is 1. The van der Waals surface area contributed by atoms with Gasteiger partial charge < -0.3 is 5.11 Å². The minimum absolute atomic E-state index is 0.478. The Bertz CT molecular complexity index is 682. The summed E-state index contributed by atoms with van der Waals surface area (Å²) in [7, 11) is 0. The molecular weight excluding hydrogens is 264 g/mol. The van der Waals surface area contributed by atoms with E-state index < -0.39 is 11.9 Å². The first-order valence-electron chi connectivity index (χ1n) is 7.26. The third kappa shape index (κ3) is 2.66. The Hall–Kier alpha value is -2.23. The molecule has 1 aliphatic carbocycles. The van der Waals surface area contributed by atoms with Gasteiger partial charge in [-0.2, -0.15) is 0 Å². The average Bonchev–Trinajstić information content (AvgIpc) is 2.94. The second kappa shape index (κ2) is 5.64. The van der Waals surface area contributed by atoms with Crippen molar-refractivity contribution in [2.24, 2.45) is 0 Å². The number of carboxylic acid groups (broad SMARTS) is 1. The van der Waals surface area contributed by atoms with Gasteiger partial charge in [0.15, 0.2) is 0 Å². The Morgan fingerprint density at radius 2 is 2.10 bits per heavy atom. The monoisotopic (exact) mass is 282 g/mol. The molecule has 0 aliphatic heterocycles. The van der Waals surface area contributed by atoms with Gasteiger partial charge in [-0.3, -0.25) is 4.79 Å². The third-order valence-electron chi connectivity index (χ3n) is 4.22. The number of hydrogen-bond donors (Lipinski definition) is 1. The molecule has 1 N–H and O–H groups in total. The van der Waals surface area contributed by atoms with E-state index in [4.69, 9.17) is 0 Å². The predicted octanol–water partition coefficient (Wildman–Crippen LogP) is 2.68. The first-order valence-corrected chi connectivity index (χ1v) is 7.26. The largest absolute Gasteiger partial charge is 0.481 e. The van der Waals surface area contributed by atoms with Crippen molar-refractivity contribution in [3.63, 3.8) is 0 Å². The highest BCUT2D eigenvalue weighted by molar-refractivity contribution is 5.76. The van der Waals surface area contributed by atoms with Crippen LogP contribution in [0.25, 0.3) is 0 Å². The van der Waals surface area contributed by atoms with Gasteiger partial charge in [0.1, 0.15) is 12.2 Å². The zero-order chi connectivity index (χ0) is 14.8. The Morgan fingerprint density at radius 1 is 1.29 bits per heavy atom. The second-order valence-electron chi connectivity index (χ2n) is 5.56. The Morgan fingerprint density at radius 3 is 2.86 bits per heavy atom. The van der Waals surface area contributed by atoms with E-state index in [-0.39, 0.29) is 0 Å². The van der Waals surface area contributed by atoms with Crippen LogP contribution in [0.3, 0.4) is 0 Å². The normalized spacial score (nSPS) is 14.7. The summed E-state index contributed by atoms with van der Waals surface area (Å²) in [5.41, 5.74) is 4.97. The number of benzene rings is 1. The molecular formula is C17H18N2O2. The fraction of sp³-hybridized carbons (Fsp3) is 0.353. The molecule has 0 spiro atoms. The molecule has 1 heterocycles. The first kappa shape index (κ1) is 13.7. The number of carboxylic acids is 1. The van der Waals surface area contributed by atoms with Gasteiger partial charge in [-0.1, -0.05) is 24.3 Å². The maximum atomic E-state index is 11.8. The third-order valence-corrected chi connectivity index (χ3v) is 4.22. The second-order valence-corrected chi connectivity index (χ2v) is 5.56. The van der Waals surface area contributed by atoms with Crippen LogP contribution in [0.2, 0.25) is 0 Å². The molecule has 3 rings (SSSR count). The van der Waals surface area contributed by atoms with Crippen LogP contribution in [0.1, 0.15) is 40.4 Å². The number of fused-ring (bicyclic) bond motifs is 1. The molecule has 0 radical (unpaired) electrons. The fourth-order valence-corrected chi connectivity index (χ4v) is 3.05. The van der Waals surface area contributed by atoms with Gasteiger partial charge in [0, 0.05) is 5.69 Å². The molecule has 2 aromatic rings. The van der Waals surface area contributed by atoms with Gasteiger partial charge >= 0.3 is 5.97 Å². The molecule has 0 saturated heterocycles. The van der Waals surface area contributed by atoms with Crippen molar-refractivity contribution in [2.75, 3.05) is 0 Å². The summed E-state index contributed by atoms with van der Waals surface area (Å²) >= 11 is 0. The molecule has 0 fully saturated rings. The van der Waals surface area contributed by atoms with Crippen molar-refractivity contribution >= 4 is 5.97 Å².